The van der Waals surface area contributed by atoms with E-state index in [1.807, 2.05) is 0 Å². The number of rotatable bonds is 6. The van der Waals surface area contributed by atoms with Gasteiger partial charge in [-0.1, -0.05) is 0 Å². The first-order valence-electron chi connectivity index (χ1n) is 5.47. The highest BCUT2D eigenvalue weighted by atomic mass is 32.2. The number of nitrogens with one attached hydrogen (secondary N) is 1. The Balaban J connectivity index is 2.23. The summed E-state index contributed by atoms with van der Waals surface area (Å²) >= 11 is 0. The van der Waals surface area contributed by atoms with Crippen LogP contribution in [-0.4, -0.2) is 51.3 Å². The van der Waals surface area contributed by atoms with Crippen LogP contribution in [0.3, 0.4) is 0 Å². The van der Waals surface area contributed by atoms with Gasteiger partial charge in [-0.25, -0.2) is 13.1 Å². The summed E-state index contributed by atoms with van der Waals surface area (Å²) in [7, 11) is -3.20. The lowest BCUT2D eigenvalue weighted by Crippen LogP contribution is -2.40. The molecule has 90 valence electrons. The topological polar surface area (TPSA) is 75.4 Å². The van der Waals surface area contributed by atoms with Crippen LogP contribution in [0.1, 0.15) is 19.8 Å². The number of hydrogen-bond donors (Lipinski definition) is 2. The summed E-state index contributed by atoms with van der Waals surface area (Å²) in [6.07, 6.45) is 2.46. The molecule has 0 aliphatic carbocycles. The molecule has 0 aromatic carbocycles. The van der Waals surface area contributed by atoms with Crippen LogP contribution in [0.4, 0.5) is 0 Å². The molecule has 1 fully saturated rings. The minimum absolute atomic E-state index is 0.166. The summed E-state index contributed by atoms with van der Waals surface area (Å²) in [5, 5.41) is -0.504. The van der Waals surface area contributed by atoms with Gasteiger partial charge in [0.25, 0.3) is 0 Å². The van der Waals surface area contributed by atoms with E-state index in [2.05, 4.69) is 9.62 Å². The van der Waals surface area contributed by atoms with Gasteiger partial charge in [-0.15, -0.1) is 0 Å². The van der Waals surface area contributed by atoms with E-state index in [0.29, 0.717) is 6.54 Å². The molecule has 1 atom stereocenters. The molecule has 1 saturated heterocycles. The van der Waals surface area contributed by atoms with Crippen molar-refractivity contribution in [1.29, 1.82) is 0 Å². The molecule has 0 amide bonds. The van der Waals surface area contributed by atoms with Crippen LogP contribution in [-0.2, 0) is 10.0 Å². The Morgan fingerprint density at radius 3 is 2.53 bits per heavy atom. The largest absolute Gasteiger partial charge is 0.329 e. The van der Waals surface area contributed by atoms with Crippen molar-refractivity contribution < 1.29 is 8.42 Å². The van der Waals surface area contributed by atoms with Crippen molar-refractivity contribution in [3.05, 3.63) is 0 Å². The Hall–Kier alpha value is -0.170. The average Bonchev–Trinajstić information content (AvgIpc) is 2.69. The lowest BCUT2D eigenvalue weighted by Gasteiger charge is -2.16. The lowest BCUT2D eigenvalue weighted by molar-refractivity contribution is 0.344. The minimum atomic E-state index is -3.20. The molecule has 0 bridgehead atoms. The van der Waals surface area contributed by atoms with Crippen LogP contribution >= 0.6 is 0 Å². The van der Waals surface area contributed by atoms with Crippen LogP contribution < -0.4 is 10.5 Å². The quantitative estimate of drug-likeness (QED) is 0.641. The molecule has 0 aromatic rings. The molecule has 15 heavy (non-hydrogen) atoms. The van der Waals surface area contributed by atoms with Crippen LogP contribution in [0.15, 0.2) is 0 Å². The fraction of sp³-hybridized carbons (Fsp3) is 1.00. The molecule has 1 unspecified atom stereocenters. The lowest BCUT2D eigenvalue weighted by atomic mass is 10.4. The van der Waals surface area contributed by atoms with E-state index < -0.39 is 15.3 Å². The highest BCUT2D eigenvalue weighted by molar-refractivity contribution is 7.90. The third-order valence-corrected chi connectivity index (χ3v) is 4.65. The van der Waals surface area contributed by atoms with Crippen LogP contribution in [0.2, 0.25) is 0 Å². The predicted molar refractivity (Wildman–Crippen MR) is 61.1 cm³/mol. The van der Waals surface area contributed by atoms with Crippen LogP contribution in [0, 0.1) is 0 Å². The average molecular weight is 235 g/mol. The summed E-state index contributed by atoms with van der Waals surface area (Å²) in [6, 6.07) is 0. The van der Waals surface area contributed by atoms with E-state index in [9.17, 15) is 8.42 Å². The Labute approximate surface area is 92.1 Å². The van der Waals surface area contributed by atoms with E-state index in [1.165, 1.54) is 12.8 Å². The first kappa shape index (κ1) is 12.9. The monoisotopic (exact) mass is 235 g/mol. The molecule has 1 rings (SSSR count). The summed E-state index contributed by atoms with van der Waals surface area (Å²) < 4.78 is 25.6. The first-order valence-corrected chi connectivity index (χ1v) is 7.02. The van der Waals surface area contributed by atoms with E-state index in [1.54, 1.807) is 6.92 Å². The number of nitrogens with two attached hydrogens (primary N) is 1. The van der Waals surface area contributed by atoms with Crippen molar-refractivity contribution >= 4 is 10.0 Å². The smallest absolute Gasteiger partial charge is 0.215 e. The molecule has 0 spiro atoms. The second-order valence-electron chi connectivity index (χ2n) is 4.03. The number of nitrogens with zero attached hydrogens (tertiary/aromatic N) is 1. The fourth-order valence-corrected chi connectivity index (χ4v) is 2.53. The normalized spacial score (nSPS) is 20.7. The highest BCUT2D eigenvalue weighted by Crippen LogP contribution is 2.05. The van der Waals surface area contributed by atoms with E-state index in [4.69, 9.17) is 5.73 Å². The molecule has 0 saturated carbocycles. The van der Waals surface area contributed by atoms with E-state index in [0.717, 1.165) is 19.6 Å². The Morgan fingerprint density at radius 1 is 1.40 bits per heavy atom. The third-order valence-electron chi connectivity index (χ3n) is 2.79. The molecule has 5 nitrogen and oxygen atoms in total. The van der Waals surface area contributed by atoms with E-state index in [-0.39, 0.29) is 6.54 Å². The molecular formula is C9H21N3O2S. The zero-order valence-corrected chi connectivity index (χ0v) is 10.1. The maximum atomic E-state index is 11.5. The Bertz CT molecular complexity index is 273. The van der Waals surface area contributed by atoms with Gasteiger partial charge in [-0.2, -0.15) is 0 Å². The van der Waals surface area contributed by atoms with Gasteiger partial charge in [0, 0.05) is 19.6 Å². The van der Waals surface area contributed by atoms with Crippen molar-refractivity contribution in [3.63, 3.8) is 0 Å². The van der Waals surface area contributed by atoms with Gasteiger partial charge in [-0.3, -0.25) is 0 Å². The Kier molecular flexibility index (Phi) is 4.98. The first-order chi connectivity index (χ1) is 7.06. The van der Waals surface area contributed by atoms with E-state index >= 15 is 0 Å². The fourth-order valence-electron chi connectivity index (χ4n) is 1.62. The van der Waals surface area contributed by atoms with Gasteiger partial charge in [-0.05, 0) is 32.9 Å². The molecule has 1 heterocycles. The third kappa shape index (κ3) is 4.06. The van der Waals surface area contributed by atoms with Gasteiger partial charge in [0.1, 0.15) is 0 Å². The molecule has 0 radical (unpaired) electrons. The predicted octanol–water partition coefficient (Wildman–Crippen LogP) is -0.651. The number of hydrogen-bond acceptors (Lipinski definition) is 4. The molecule has 1 aliphatic heterocycles. The van der Waals surface area contributed by atoms with Crippen molar-refractivity contribution in [2.24, 2.45) is 5.73 Å². The Morgan fingerprint density at radius 2 is 2.00 bits per heavy atom. The van der Waals surface area contributed by atoms with Gasteiger partial charge < -0.3 is 10.6 Å². The zero-order chi connectivity index (χ0) is 11.3. The van der Waals surface area contributed by atoms with Crippen LogP contribution in [0.5, 0.6) is 0 Å². The molecular weight excluding hydrogens is 214 g/mol. The van der Waals surface area contributed by atoms with Gasteiger partial charge >= 0.3 is 0 Å². The second-order valence-corrected chi connectivity index (χ2v) is 6.22. The molecule has 6 heteroatoms. The summed E-state index contributed by atoms with van der Waals surface area (Å²) in [5.74, 6) is 0. The highest BCUT2D eigenvalue weighted by Gasteiger charge is 2.19. The maximum absolute atomic E-state index is 11.5. The standard InChI is InChI=1S/C9H21N3O2S/c1-9(8-10)15(13,14)11-4-7-12-5-2-3-6-12/h9,11H,2-8,10H2,1H3. The van der Waals surface area contributed by atoms with Crippen molar-refractivity contribution in [2.45, 2.75) is 25.0 Å². The summed E-state index contributed by atoms with van der Waals surface area (Å²) in [6.45, 7) is 5.27. The van der Waals surface area contributed by atoms with Crippen molar-refractivity contribution in [2.75, 3.05) is 32.7 Å². The summed E-state index contributed by atoms with van der Waals surface area (Å²) in [5.41, 5.74) is 5.32. The van der Waals surface area contributed by atoms with Gasteiger partial charge in [0.05, 0.1) is 5.25 Å². The zero-order valence-electron chi connectivity index (χ0n) is 9.28. The van der Waals surface area contributed by atoms with Crippen molar-refractivity contribution in [3.8, 4) is 0 Å². The van der Waals surface area contributed by atoms with Gasteiger partial charge in [0.15, 0.2) is 0 Å². The number of sulfonamides is 1. The molecule has 3 N–H and O–H groups in total. The maximum Gasteiger partial charge on any atom is 0.215 e. The summed E-state index contributed by atoms with van der Waals surface area (Å²) in [4.78, 5) is 2.27. The molecule has 0 aromatic heterocycles. The molecule has 1 aliphatic rings. The van der Waals surface area contributed by atoms with Gasteiger partial charge in [0.2, 0.25) is 10.0 Å². The van der Waals surface area contributed by atoms with Crippen LogP contribution in [0.25, 0.3) is 0 Å². The second kappa shape index (κ2) is 5.79. The SMILES string of the molecule is CC(CN)S(=O)(=O)NCCN1CCCC1. The van der Waals surface area contributed by atoms with Crippen molar-refractivity contribution in [1.82, 2.24) is 9.62 Å². The number of likely N-dealkylation sites (tertiary alicyclic amines) is 1. The minimum Gasteiger partial charge on any atom is -0.329 e.